The van der Waals surface area contributed by atoms with Crippen LogP contribution in [0.4, 0.5) is 10.3 Å². The third-order valence-corrected chi connectivity index (χ3v) is 4.59. The highest BCUT2D eigenvalue weighted by molar-refractivity contribution is 5.33. The van der Waals surface area contributed by atoms with Crippen molar-refractivity contribution in [1.29, 1.82) is 0 Å². The van der Waals surface area contributed by atoms with Crippen LogP contribution in [0.2, 0.25) is 0 Å². The molecule has 22 heavy (non-hydrogen) atoms. The second kappa shape index (κ2) is 5.64. The predicted molar refractivity (Wildman–Crippen MR) is 77.8 cm³/mol. The topological polar surface area (TPSA) is 56.1 Å². The van der Waals surface area contributed by atoms with E-state index in [2.05, 4.69) is 24.4 Å². The molecule has 1 saturated carbocycles. The van der Waals surface area contributed by atoms with Crippen molar-refractivity contribution in [3.8, 4) is 0 Å². The fourth-order valence-corrected chi connectivity index (χ4v) is 3.62. The van der Waals surface area contributed by atoms with E-state index in [1.807, 2.05) is 12.5 Å². The van der Waals surface area contributed by atoms with Crippen molar-refractivity contribution in [1.82, 2.24) is 19.5 Å². The Balaban J connectivity index is 1.52. The Labute approximate surface area is 128 Å². The molecule has 3 heterocycles. The van der Waals surface area contributed by atoms with E-state index in [0.717, 1.165) is 25.9 Å². The minimum Gasteiger partial charge on any atom is -0.374 e. The molecular weight excluding hydrogens is 285 g/mol. The van der Waals surface area contributed by atoms with Crippen LogP contribution in [0.3, 0.4) is 0 Å². The number of anilines is 1. The van der Waals surface area contributed by atoms with E-state index in [9.17, 15) is 4.39 Å². The highest BCUT2D eigenvalue weighted by Gasteiger charge is 2.43. The summed E-state index contributed by atoms with van der Waals surface area (Å²) in [5, 5.41) is 0. The maximum atomic E-state index is 13.0. The molecule has 7 heteroatoms. The first-order valence-corrected chi connectivity index (χ1v) is 7.63. The standard InChI is InChI=1S/C15H18FN5O/c16-12-7-18-15(19-8-12)21-5-6-22-14-11(1-2-13(14)21)9-20-4-3-17-10-20/h3-4,7-8,10-11,13-14H,1-2,5-6,9H2/t11-,13+,14-/m1/s1. The van der Waals surface area contributed by atoms with E-state index < -0.39 is 5.82 Å². The lowest BCUT2D eigenvalue weighted by molar-refractivity contribution is -0.00612. The molecule has 3 atom stereocenters. The summed E-state index contributed by atoms with van der Waals surface area (Å²) in [6, 6.07) is 0.271. The lowest BCUT2D eigenvalue weighted by Crippen LogP contribution is -2.51. The molecule has 2 fully saturated rings. The molecule has 2 aliphatic rings. The second-order valence-electron chi connectivity index (χ2n) is 5.89. The van der Waals surface area contributed by atoms with E-state index in [1.165, 1.54) is 12.4 Å². The zero-order chi connectivity index (χ0) is 14.9. The van der Waals surface area contributed by atoms with Gasteiger partial charge in [-0.2, -0.15) is 0 Å². The van der Waals surface area contributed by atoms with E-state index in [-0.39, 0.29) is 12.1 Å². The molecule has 0 unspecified atom stereocenters. The minimum atomic E-state index is -0.405. The number of aromatic nitrogens is 4. The predicted octanol–water partition coefficient (Wildman–Crippen LogP) is 1.50. The van der Waals surface area contributed by atoms with Crippen LogP contribution in [-0.4, -0.2) is 44.8 Å². The molecule has 116 valence electrons. The Morgan fingerprint density at radius 2 is 2.14 bits per heavy atom. The van der Waals surface area contributed by atoms with Gasteiger partial charge < -0.3 is 14.2 Å². The SMILES string of the molecule is Fc1cnc(N2CCO[C@@H]3[C@@H](Cn4ccnc4)CC[C@@H]32)nc1. The first-order chi connectivity index (χ1) is 10.8. The summed E-state index contributed by atoms with van der Waals surface area (Å²) in [7, 11) is 0. The average Bonchev–Trinajstić information content (AvgIpc) is 3.19. The number of fused-ring (bicyclic) bond motifs is 1. The summed E-state index contributed by atoms with van der Waals surface area (Å²) in [5.41, 5.74) is 0. The van der Waals surface area contributed by atoms with Crippen LogP contribution in [0, 0.1) is 11.7 Å². The maximum Gasteiger partial charge on any atom is 0.225 e. The molecule has 2 aromatic heterocycles. The van der Waals surface area contributed by atoms with Gasteiger partial charge >= 0.3 is 0 Å². The van der Waals surface area contributed by atoms with Crippen LogP contribution in [0.15, 0.2) is 31.1 Å². The molecule has 0 radical (unpaired) electrons. The summed E-state index contributed by atoms with van der Waals surface area (Å²) < 4.78 is 21.2. The molecule has 2 aromatic rings. The van der Waals surface area contributed by atoms with Gasteiger partial charge in [-0.05, 0) is 12.8 Å². The lowest BCUT2D eigenvalue weighted by Gasteiger charge is -2.39. The number of nitrogens with zero attached hydrogens (tertiary/aromatic N) is 5. The van der Waals surface area contributed by atoms with Crippen molar-refractivity contribution in [2.45, 2.75) is 31.5 Å². The van der Waals surface area contributed by atoms with Crippen molar-refractivity contribution >= 4 is 5.95 Å². The first-order valence-electron chi connectivity index (χ1n) is 7.63. The van der Waals surface area contributed by atoms with Gasteiger partial charge in [-0.1, -0.05) is 0 Å². The number of ether oxygens (including phenoxy) is 1. The Morgan fingerprint density at radius 1 is 1.27 bits per heavy atom. The third-order valence-electron chi connectivity index (χ3n) is 4.59. The Kier molecular flexibility index (Phi) is 3.49. The van der Waals surface area contributed by atoms with Crippen LogP contribution in [0.25, 0.3) is 0 Å². The Morgan fingerprint density at radius 3 is 2.91 bits per heavy atom. The van der Waals surface area contributed by atoms with E-state index in [4.69, 9.17) is 4.74 Å². The van der Waals surface area contributed by atoms with Gasteiger partial charge in [0.05, 0.1) is 37.5 Å². The fourth-order valence-electron chi connectivity index (χ4n) is 3.62. The molecule has 1 aliphatic carbocycles. The summed E-state index contributed by atoms with van der Waals surface area (Å²) in [6.07, 6.45) is 10.4. The molecular formula is C15H18FN5O. The summed E-state index contributed by atoms with van der Waals surface area (Å²) in [6.45, 7) is 2.33. The van der Waals surface area contributed by atoms with Crippen molar-refractivity contribution in [2.24, 2.45) is 5.92 Å². The van der Waals surface area contributed by atoms with Gasteiger partial charge in [0.15, 0.2) is 5.82 Å². The molecule has 0 aromatic carbocycles. The normalized spacial score (nSPS) is 27.9. The quantitative estimate of drug-likeness (QED) is 0.860. The number of imidazole rings is 1. The average molecular weight is 303 g/mol. The molecule has 0 N–H and O–H groups in total. The molecule has 0 amide bonds. The van der Waals surface area contributed by atoms with Crippen LogP contribution in [0.5, 0.6) is 0 Å². The first kappa shape index (κ1) is 13.6. The Hall–Kier alpha value is -2.02. The van der Waals surface area contributed by atoms with Crippen LogP contribution >= 0.6 is 0 Å². The van der Waals surface area contributed by atoms with Gasteiger partial charge in [0.2, 0.25) is 5.95 Å². The number of halogens is 1. The third kappa shape index (κ3) is 2.45. The number of rotatable bonds is 3. The number of hydrogen-bond acceptors (Lipinski definition) is 5. The van der Waals surface area contributed by atoms with E-state index in [1.54, 1.807) is 6.20 Å². The van der Waals surface area contributed by atoms with Gasteiger partial charge in [-0.25, -0.2) is 19.3 Å². The molecule has 6 nitrogen and oxygen atoms in total. The van der Waals surface area contributed by atoms with E-state index in [0.29, 0.717) is 18.5 Å². The molecule has 4 rings (SSSR count). The van der Waals surface area contributed by atoms with Crippen molar-refractivity contribution in [3.05, 3.63) is 36.9 Å². The van der Waals surface area contributed by atoms with Crippen LogP contribution in [0.1, 0.15) is 12.8 Å². The molecule has 1 aliphatic heterocycles. The van der Waals surface area contributed by atoms with Crippen LogP contribution in [-0.2, 0) is 11.3 Å². The summed E-state index contributed by atoms with van der Waals surface area (Å²) in [4.78, 5) is 14.5. The molecule has 1 saturated heterocycles. The minimum absolute atomic E-state index is 0.171. The monoisotopic (exact) mass is 303 g/mol. The van der Waals surface area contributed by atoms with E-state index >= 15 is 0 Å². The lowest BCUT2D eigenvalue weighted by atomic mass is 10.0. The molecule has 0 bridgehead atoms. The van der Waals surface area contributed by atoms with Gasteiger partial charge in [0.25, 0.3) is 0 Å². The van der Waals surface area contributed by atoms with Gasteiger partial charge in [-0.3, -0.25) is 0 Å². The highest BCUT2D eigenvalue weighted by atomic mass is 19.1. The van der Waals surface area contributed by atoms with Crippen LogP contribution < -0.4 is 4.90 Å². The zero-order valence-electron chi connectivity index (χ0n) is 12.2. The van der Waals surface area contributed by atoms with Gasteiger partial charge in [0, 0.05) is 31.4 Å². The molecule has 0 spiro atoms. The highest BCUT2D eigenvalue weighted by Crippen LogP contribution is 2.36. The second-order valence-corrected chi connectivity index (χ2v) is 5.89. The van der Waals surface area contributed by atoms with Crippen molar-refractivity contribution in [2.75, 3.05) is 18.1 Å². The van der Waals surface area contributed by atoms with Gasteiger partial charge in [-0.15, -0.1) is 0 Å². The van der Waals surface area contributed by atoms with Crippen molar-refractivity contribution in [3.63, 3.8) is 0 Å². The summed E-state index contributed by atoms with van der Waals surface area (Å²) in [5.74, 6) is 0.656. The number of morpholine rings is 1. The summed E-state index contributed by atoms with van der Waals surface area (Å²) >= 11 is 0. The zero-order valence-corrected chi connectivity index (χ0v) is 12.2. The van der Waals surface area contributed by atoms with Gasteiger partial charge in [0.1, 0.15) is 0 Å². The largest absolute Gasteiger partial charge is 0.374 e. The number of hydrogen-bond donors (Lipinski definition) is 0. The maximum absolute atomic E-state index is 13.0. The fraction of sp³-hybridized carbons (Fsp3) is 0.533. The smallest absolute Gasteiger partial charge is 0.225 e. The van der Waals surface area contributed by atoms with Crippen molar-refractivity contribution < 1.29 is 9.13 Å². The Bertz CT molecular complexity index is 617.